The number of imide groups is 1. The van der Waals surface area contributed by atoms with Crippen molar-refractivity contribution in [2.45, 2.75) is 36.0 Å². The number of benzene rings is 2. The van der Waals surface area contributed by atoms with Crippen LogP contribution in [0.1, 0.15) is 34.8 Å². The van der Waals surface area contributed by atoms with Crippen molar-refractivity contribution in [2.75, 3.05) is 18.5 Å². The predicted octanol–water partition coefficient (Wildman–Crippen LogP) is 3.71. The molecule has 3 heterocycles. The van der Waals surface area contributed by atoms with E-state index in [4.69, 9.17) is 9.84 Å². The Hall–Kier alpha value is -3.90. The van der Waals surface area contributed by atoms with Crippen molar-refractivity contribution in [3.8, 4) is 5.75 Å². The number of H-pyrrole nitrogens is 1. The highest BCUT2D eigenvalue weighted by Gasteiger charge is 2.69. The minimum atomic E-state index is -1.05. The highest BCUT2D eigenvalue weighted by molar-refractivity contribution is 8.00. The quantitative estimate of drug-likeness (QED) is 0.324. The maximum absolute atomic E-state index is 13.6. The Kier molecular flexibility index (Phi) is 6.93. The number of amides is 3. The van der Waals surface area contributed by atoms with Gasteiger partial charge >= 0.3 is 10.8 Å². The maximum Gasteiger partial charge on any atom is 0.305 e. The van der Waals surface area contributed by atoms with Crippen molar-refractivity contribution in [1.29, 1.82) is 0 Å². The van der Waals surface area contributed by atoms with Gasteiger partial charge in [0.1, 0.15) is 5.75 Å². The normalized spacial score (nSPS) is 28.4. The highest BCUT2D eigenvalue weighted by atomic mass is 32.2. The zero-order chi connectivity index (χ0) is 30.0. The van der Waals surface area contributed by atoms with E-state index < -0.39 is 17.8 Å². The lowest BCUT2D eigenvalue weighted by Crippen LogP contribution is -2.42. The van der Waals surface area contributed by atoms with E-state index in [-0.39, 0.29) is 71.1 Å². The fraction of sp³-hybridized carbons (Fsp3) is 0.387. The van der Waals surface area contributed by atoms with Crippen molar-refractivity contribution in [3.63, 3.8) is 0 Å². The van der Waals surface area contributed by atoms with E-state index in [1.165, 1.54) is 0 Å². The lowest BCUT2D eigenvalue weighted by atomic mass is 9.68. The number of carbonyl (C=O) groups excluding carboxylic acids is 3. The van der Waals surface area contributed by atoms with Crippen LogP contribution >= 0.6 is 23.1 Å². The van der Waals surface area contributed by atoms with Gasteiger partial charge in [0.15, 0.2) is 6.61 Å². The third kappa shape index (κ3) is 4.58. The summed E-state index contributed by atoms with van der Waals surface area (Å²) in [6, 6.07) is 15.0. The Balaban J connectivity index is 1.20. The third-order valence-corrected chi connectivity index (χ3v) is 12.0. The van der Waals surface area contributed by atoms with E-state index in [1.54, 1.807) is 11.8 Å². The van der Waals surface area contributed by atoms with Gasteiger partial charge in [0.25, 0.3) is 5.91 Å². The number of hydrogen-bond donors (Lipinski definition) is 3. The molecule has 1 aromatic heterocycles. The number of carbonyl (C=O) groups is 4. The topological polar surface area (TPSA) is 146 Å². The van der Waals surface area contributed by atoms with Crippen LogP contribution < -0.4 is 14.9 Å². The van der Waals surface area contributed by atoms with Crippen LogP contribution in [0.3, 0.4) is 0 Å². The molecular weight excluding hydrogens is 590 g/mol. The number of thioether (sulfide) groups is 1. The predicted molar refractivity (Wildman–Crippen MR) is 159 cm³/mol. The fourth-order valence-corrected chi connectivity index (χ4v) is 10.6. The van der Waals surface area contributed by atoms with Gasteiger partial charge < -0.3 is 20.1 Å². The summed E-state index contributed by atoms with van der Waals surface area (Å²) >= 11 is 2.73. The summed E-state index contributed by atoms with van der Waals surface area (Å²) < 4.78 is 6.12. The number of fused-ring (bicyclic) bond motifs is 9. The largest absolute Gasteiger partial charge is 0.483 e. The molecule has 4 aliphatic rings. The maximum atomic E-state index is 13.6. The molecule has 43 heavy (non-hydrogen) atoms. The second kappa shape index (κ2) is 10.7. The summed E-state index contributed by atoms with van der Waals surface area (Å²) in [7, 11) is 0. The molecule has 3 amide bonds. The van der Waals surface area contributed by atoms with Gasteiger partial charge in [-0.25, -0.2) is 0 Å². The molecule has 3 aromatic rings. The minimum Gasteiger partial charge on any atom is -0.483 e. The first kappa shape index (κ1) is 27.9. The number of likely N-dealkylation sites (tertiary alicyclic amines) is 1. The number of carboxylic acids is 1. The number of aromatic amines is 1. The van der Waals surface area contributed by atoms with E-state index in [2.05, 4.69) is 10.3 Å². The van der Waals surface area contributed by atoms with Crippen molar-refractivity contribution < 1.29 is 29.0 Å². The summed E-state index contributed by atoms with van der Waals surface area (Å²) in [5.74, 6) is -2.83. The number of nitrogens with one attached hydrogen (secondary N) is 2. The van der Waals surface area contributed by atoms with E-state index in [0.717, 1.165) is 43.7 Å². The number of ether oxygens (including phenoxy) is 1. The molecule has 7 atom stereocenters. The summed E-state index contributed by atoms with van der Waals surface area (Å²) in [6.45, 7) is 1.59. The Morgan fingerprint density at radius 2 is 1.77 bits per heavy atom. The van der Waals surface area contributed by atoms with Crippen molar-refractivity contribution in [1.82, 2.24) is 9.88 Å². The fourth-order valence-electron chi connectivity index (χ4n) is 7.77. The monoisotopic (exact) mass is 619 g/mol. The Labute approximate surface area is 254 Å². The molecule has 6 unspecified atom stereocenters. The first-order chi connectivity index (χ1) is 20.7. The molecule has 1 saturated heterocycles. The van der Waals surface area contributed by atoms with Crippen molar-refractivity contribution in [3.05, 3.63) is 74.2 Å². The number of nitrogens with zero attached hydrogens (tertiary/aromatic N) is 1. The molecule has 12 heteroatoms. The summed E-state index contributed by atoms with van der Waals surface area (Å²) in [5, 5.41) is 12.8. The van der Waals surface area contributed by atoms with Gasteiger partial charge in [0.05, 0.1) is 23.3 Å². The van der Waals surface area contributed by atoms with E-state index in [1.807, 2.05) is 55.5 Å². The van der Waals surface area contributed by atoms with Gasteiger partial charge in [-0.3, -0.25) is 28.9 Å². The number of carboxylic acid groups (broad SMARTS) is 1. The molecule has 2 aliphatic heterocycles. The standard InChI is InChI=1S/C31H29N3O7S2/c1-14-6-2-4-8-18(14)32-20(35)13-41-19-9-5-3-7-15(19)22-23-16-12-17(26(23)42-28-27(22)43-31(40)33-28)25-24(16)29(38)34(30(25)39)11-10-21(36)37/h2-9,16-17,22-26H,10-13H2,1H3,(H,32,35)(H,33,40)(H,36,37)/t16?,17?,22-,23?,24?,25?,26?/m1/s1. The second-order valence-corrected chi connectivity index (χ2v) is 13.8. The summed E-state index contributed by atoms with van der Waals surface area (Å²) in [5.41, 5.74) is 2.48. The molecular formula is C31H29N3O7S2. The highest BCUT2D eigenvalue weighted by Crippen LogP contribution is 2.69. The summed E-state index contributed by atoms with van der Waals surface area (Å²) in [4.78, 5) is 68.5. The molecule has 0 spiro atoms. The van der Waals surface area contributed by atoms with E-state index in [9.17, 15) is 24.0 Å². The number of thiazole rings is 1. The first-order valence-corrected chi connectivity index (χ1v) is 16.0. The zero-order valence-corrected chi connectivity index (χ0v) is 24.8. The van der Waals surface area contributed by atoms with Crippen LogP contribution in [0.5, 0.6) is 5.75 Å². The van der Waals surface area contributed by atoms with Crippen LogP contribution in [-0.4, -0.2) is 57.1 Å². The lowest BCUT2D eigenvalue weighted by molar-refractivity contribution is -0.142. The molecule has 3 N–H and O–H groups in total. The Bertz CT molecular complexity index is 1720. The van der Waals surface area contributed by atoms with Crippen LogP contribution in [0, 0.1) is 36.5 Å². The zero-order valence-electron chi connectivity index (χ0n) is 23.1. The Morgan fingerprint density at radius 3 is 2.53 bits per heavy atom. The van der Waals surface area contributed by atoms with Crippen LogP contribution in [0.2, 0.25) is 0 Å². The van der Waals surface area contributed by atoms with Gasteiger partial charge in [0.2, 0.25) is 11.8 Å². The molecule has 10 nitrogen and oxygen atoms in total. The van der Waals surface area contributed by atoms with Gasteiger partial charge in [-0.2, -0.15) is 0 Å². The molecule has 2 bridgehead atoms. The van der Waals surface area contributed by atoms with Crippen LogP contribution in [0.4, 0.5) is 5.69 Å². The molecule has 2 aliphatic carbocycles. The SMILES string of the molecule is Cc1ccccc1NC(=O)COc1ccccc1[C@H]1c2sc(=O)[nH]c2SC2C3CC(C4C(=O)N(CCC(=O)O)C(=O)C34)C21. The van der Waals surface area contributed by atoms with Crippen LogP contribution in [-0.2, 0) is 19.2 Å². The second-order valence-electron chi connectivity index (χ2n) is 11.6. The van der Waals surface area contributed by atoms with E-state index >= 15 is 0 Å². The van der Waals surface area contributed by atoms with Crippen molar-refractivity contribution in [2.24, 2.45) is 29.6 Å². The first-order valence-electron chi connectivity index (χ1n) is 14.3. The van der Waals surface area contributed by atoms with E-state index in [0.29, 0.717) is 11.4 Å². The average Bonchev–Trinajstić information content (AvgIpc) is 3.71. The number of para-hydroxylation sites is 2. The van der Waals surface area contributed by atoms with Gasteiger partial charge in [0, 0.05) is 33.8 Å². The molecule has 2 aromatic carbocycles. The molecule has 3 fully saturated rings. The van der Waals surface area contributed by atoms with Gasteiger partial charge in [-0.05, 0) is 48.8 Å². The van der Waals surface area contributed by atoms with Crippen molar-refractivity contribution >= 4 is 52.5 Å². The number of aromatic nitrogens is 1. The number of aryl methyl sites for hydroxylation is 1. The number of aliphatic carboxylic acids is 1. The average molecular weight is 620 g/mol. The number of anilines is 1. The van der Waals surface area contributed by atoms with Crippen LogP contribution in [0.25, 0.3) is 0 Å². The van der Waals surface area contributed by atoms with Gasteiger partial charge in [-0.1, -0.05) is 47.7 Å². The van der Waals surface area contributed by atoms with Crippen LogP contribution in [0.15, 0.2) is 58.4 Å². The Morgan fingerprint density at radius 1 is 1.05 bits per heavy atom. The molecule has 2 saturated carbocycles. The summed E-state index contributed by atoms with van der Waals surface area (Å²) in [6.07, 6.45) is 0.441. The van der Waals surface area contributed by atoms with Gasteiger partial charge in [-0.15, -0.1) is 11.8 Å². The molecule has 222 valence electrons. The number of rotatable bonds is 8. The molecule has 7 rings (SSSR count). The lowest BCUT2D eigenvalue weighted by Gasteiger charge is -2.43. The molecule has 0 radical (unpaired) electrons. The minimum absolute atomic E-state index is 0.0115. The number of hydrogen-bond acceptors (Lipinski definition) is 8. The third-order valence-electron chi connectivity index (χ3n) is 9.40. The smallest absolute Gasteiger partial charge is 0.305 e.